The third-order valence-electron chi connectivity index (χ3n) is 3.66. The number of aryl methyl sites for hydroxylation is 1. The lowest BCUT2D eigenvalue weighted by Crippen LogP contribution is -2.23. The van der Waals surface area contributed by atoms with E-state index < -0.39 is 0 Å². The van der Waals surface area contributed by atoms with Gasteiger partial charge in [0.1, 0.15) is 5.75 Å². The molecule has 2 aliphatic heterocycles. The van der Waals surface area contributed by atoms with Gasteiger partial charge in [-0.15, -0.1) is 0 Å². The van der Waals surface area contributed by atoms with E-state index in [1.165, 1.54) is 24.0 Å². The normalized spacial score (nSPS) is 23.2. The smallest absolute Gasteiger partial charge is 0.141 e. The summed E-state index contributed by atoms with van der Waals surface area (Å²) in [5.41, 5.74) is 2.63. The van der Waals surface area contributed by atoms with E-state index >= 15 is 0 Å². The highest BCUT2D eigenvalue weighted by molar-refractivity contribution is 6.32. The Morgan fingerprint density at radius 1 is 1.35 bits per heavy atom. The third kappa shape index (κ3) is 2.43. The minimum absolute atomic E-state index is 0.633. The number of hydrogen-bond acceptors (Lipinski definition) is 2. The van der Waals surface area contributed by atoms with Crippen LogP contribution in [0.4, 0.5) is 0 Å². The maximum absolute atomic E-state index is 6.29. The number of fused-ring (bicyclic) bond motifs is 1. The quantitative estimate of drug-likeness (QED) is 0.873. The third-order valence-corrected chi connectivity index (χ3v) is 3.94. The monoisotopic (exact) mass is 251 g/mol. The molecule has 0 bridgehead atoms. The first-order chi connectivity index (χ1) is 8.33. The summed E-state index contributed by atoms with van der Waals surface area (Å²) in [4.78, 5) is 0. The predicted molar refractivity (Wildman–Crippen MR) is 70.0 cm³/mol. The lowest BCUT2D eigenvalue weighted by atomic mass is 9.98. The van der Waals surface area contributed by atoms with Crippen molar-refractivity contribution < 1.29 is 4.74 Å². The van der Waals surface area contributed by atoms with Crippen molar-refractivity contribution in [2.24, 2.45) is 0 Å². The van der Waals surface area contributed by atoms with Crippen LogP contribution in [-0.2, 0) is 12.8 Å². The molecule has 0 amide bonds. The predicted octanol–water partition coefficient (Wildman–Crippen LogP) is 2.96. The number of ether oxygens (including phenoxy) is 1. The maximum Gasteiger partial charge on any atom is 0.141 e. The van der Waals surface area contributed by atoms with Gasteiger partial charge < -0.3 is 10.1 Å². The van der Waals surface area contributed by atoms with E-state index in [1.54, 1.807) is 0 Å². The first-order valence-corrected chi connectivity index (χ1v) is 6.88. The largest absolute Gasteiger partial charge is 0.492 e. The lowest BCUT2D eigenvalue weighted by molar-refractivity contribution is 0.288. The van der Waals surface area contributed by atoms with Gasteiger partial charge in [-0.25, -0.2) is 0 Å². The minimum Gasteiger partial charge on any atom is -0.492 e. The Labute approximate surface area is 107 Å². The zero-order chi connectivity index (χ0) is 11.7. The van der Waals surface area contributed by atoms with Crippen molar-refractivity contribution in [3.63, 3.8) is 0 Å². The molecule has 3 rings (SSSR count). The highest BCUT2D eigenvalue weighted by atomic mass is 35.5. The fourth-order valence-electron chi connectivity index (χ4n) is 2.83. The van der Waals surface area contributed by atoms with Crippen molar-refractivity contribution in [3.05, 3.63) is 28.3 Å². The Kier molecular flexibility index (Phi) is 3.26. The molecular formula is C14H18ClNO. The summed E-state index contributed by atoms with van der Waals surface area (Å²) in [6, 6.07) is 4.99. The molecule has 0 aliphatic carbocycles. The van der Waals surface area contributed by atoms with Crippen LogP contribution in [0.25, 0.3) is 0 Å². The summed E-state index contributed by atoms with van der Waals surface area (Å²) in [5, 5.41) is 4.32. The summed E-state index contributed by atoms with van der Waals surface area (Å²) in [7, 11) is 0. The molecule has 1 aromatic carbocycles. The van der Waals surface area contributed by atoms with Crippen LogP contribution in [0, 0.1) is 0 Å². The van der Waals surface area contributed by atoms with Crippen molar-refractivity contribution >= 4 is 11.6 Å². The zero-order valence-electron chi connectivity index (χ0n) is 9.97. The molecule has 1 N–H and O–H groups in total. The van der Waals surface area contributed by atoms with Crippen LogP contribution < -0.4 is 10.1 Å². The standard InChI is InChI=1S/C14H18ClNO/c15-13-9-10(8-12-4-1-5-16-12)7-11-3-2-6-17-14(11)13/h7,9,12,16H,1-6,8H2. The highest BCUT2D eigenvalue weighted by Crippen LogP contribution is 2.34. The molecule has 2 heterocycles. The van der Waals surface area contributed by atoms with E-state index in [0.29, 0.717) is 6.04 Å². The minimum atomic E-state index is 0.633. The van der Waals surface area contributed by atoms with Crippen molar-refractivity contribution in [2.45, 2.75) is 38.1 Å². The average Bonchev–Trinajstić information content (AvgIpc) is 2.82. The second-order valence-electron chi connectivity index (χ2n) is 5.02. The van der Waals surface area contributed by atoms with Gasteiger partial charge in [-0.1, -0.05) is 17.7 Å². The van der Waals surface area contributed by atoms with Crippen LogP contribution in [0.5, 0.6) is 5.75 Å². The van der Waals surface area contributed by atoms with Crippen LogP contribution >= 0.6 is 11.6 Å². The summed E-state index contributed by atoms with van der Waals surface area (Å²) < 4.78 is 5.63. The summed E-state index contributed by atoms with van der Waals surface area (Å²) in [6.07, 6.45) is 5.88. The van der Waals surface area contributed by atoms with Gasteiger partial charge in [-0.05, 0) is 55.8 Å². The maximum atomic E-state index is 6.29. The van der Waals surface area contributed by atoms with E-state index in [0.717, 1.165) is 43.2 Å². The Balaban J connectivity index is 1.82. The molecule has 1 aromatic rings. The molecular weight excluding hydrogens is 234 g/mol. The molecule has 1 unspecified atom stereocenters. The van der Waals surface area contributed by atoms with Gasteiger partial charge in [-0.2, -0.15) is 0 Å². The Hall–Kier alpha value is -0.730. The summed E-state index contributed by atoms with van der Waals surface area (Å²) in [6.45, 7) is 1.96. The molecule has 0 spiro atoms. The number of halogens is 1. The van der Waals surface area contributed by atoms with Crippen molar-refractivity contribution in [1.29, 1.82) is 0 Å². The van der Waals surface area contributed by atoms with Gasteiger partial charge in [0.25, 0.3) is 0 Å². The second-order valence-corrected chi connectivity index (χ2v) is 5.42. The average molecular weight is 252 g/mol. The van der Waals surface area contributed by atoms with Crippen molar-refractivity contribution in [2.75, 3.05) is 13.2 Å². The molecule has 0 aromatic heterocycles. The molecule has 1 saturated heterocycles. The molecule has 92 valence electrons. The first-order valence-electron chi connectivity index (χ1n) is 6.50. The highest BCUT2D eigenvalue weighted by Gasteiger charge is 2.18. The van der Waals surface area contributed by atoms with Crippen LogP contribution in [0.3, 0.4) is 0 Å². The number of nitrogens with one attached hydrogen (secondary N) is 1. The molecule has 0 radical (unpaired) electrons. The second kappa shape index (κ2) is 4.87. The van der Waals surface area contributed by atoms with E-state index in [9.17, 15) is 0 Å². The fourth-order valence-corrected chi connectivity index (χ4v) is 3.15. The van der Waals surface area contributed by atoms with E-state index in [2.05, 4.69) is 17.4 Å². The van der Waals surface area contributed by atoms with Crippen LogP contribution in [0.1, 0.15) is 30.4 Å². The van der Waals surface area contributed by atoms with Gasteiger partial charge in [0.05, 0.1) is 11.6 Å². The van der Waals surface area contributed by atoms with Gasteiger partial charge in [0.15, 0.2) is 0 Å². The van der Waals surface area contributed by atoms with E-state index in [1.807, 2.05) is 0 Å². The first kappa shape index (κ1) is 11.4. The van der Waals surface area contributed by atoms with Crippen LogP contribution in [-0.4, -0.2) is 19.2 Å². The van der Waals surface area contributed by atoms with Gasteiger partial charge in [0.2, 0.25) is 0 Å². The van der Waals surface area contributed by atoms with Crippen LogP contribution in [0.2, 0.25) is 5.02 Å². The summed E-state index contributed by atoms with van der Waals surface area (Å²) in [5.74, 6) is 0.918. The summed E-state index contributed by atoms with van der Waals surface area (Å²) >= 11 is 6.29. The molecule has 2 nitrogen and oxygen atoms in total. The van der Waals surface area contributed by atoms with Gasteiger partial charge in [-0.3, -0.25) is 0 Å². The van der Waals surface area contributed by atoms with Crippen LogP contribution in [0.15, 0.2) is 12.1 Å². The Bertz CT molecular complexity index is 413. The van der Waals surface area contributed by atoms with E-state index in [4.69, 9.17) is 16.3 Å². The number of hydrogen-bond donors (Lipinski definition) is 1. The number of benzene rings is 1. The topological polar surface area (TPSA) is 21.3 Å². The fraction of sp³-hybridized carbons (Fsp3) is 0.571. The molecule has 1 fully saturated rings. The molecule has 3 heteroatoms. The van der Waals surface area contributed by atoms with Gasteiger partial charge >= 0.3 is 0 Å². The van der Waals surface area contributed by atoms with Crippen molar-refractivity contribution in [1.82, 2.24) is 5.32 Å². The SMILES string of the molecule is Clc1cc(CC2CCCN2)cc2c1OCCC2. The zero-order valence-corrected chi connectivity index (χ0v) is 10.7. The molecule has 17 heavy (non-hydrogen) atoms. The number of rotatable bonds is 2. The molecule has 1 atom stereocenters. The van der Waals surface area contributed by atoms with Gasteiger partial charge in [0, 0.05) is 6.04 Å². The van der Waals surface area contributed by atoms with E-state index in [-0.39, 0.29) is 0 Å². The Morgan fingerprint density at radius 3 is 3.12 bits per heavy atom. The van der Waals surface area contributed by atoms with Crippen molar-refractivity contribution in [3.8, 4) is 5.75 Å². The molecule has 2 aliphatic rings. The Morgan fingerprint density at radius 2 is 2.29 bits per heavy atom. The lowest BCUT2D eigenvalue weighted by Gasteiger charge is -2.20. The molecule has 0 saturated carbocycles.